The summed E-state index contributed by atoms with van der Waals surface area (Å²) in [5, 5.41) is 3.40. The van der Waals surface area contributed by atoms with Crippen molar-refractivity contribution >= 4 is 11.8 Å². The predicted octanol–water partition coefficient (Wildman–Crippen LogP) is 0.208. The van der Waals surface area contributed by atoms with Gasteiger partial charge in [-0.15, -0.1) is 0 Å². The first-order valence-electron chi connectivity index (χ1n) is 6.83. The van der Waals surface area contributed by atoms with Gasteiger partial charge in [-0.3, -0.25) is 9.59 Å². The van der Waals surface area contributed by atoms with Crippen molar-refractivity contribution in [2.75, 3.05) is 27.2 Å². The topological polar surface area (TPSA) is 52.7 Å². The third-order valence-electron chi connectivity index (χ3n) is 3.64. The van der Waals surface area contributed by atoms with Crippen LogP contribution in [0.1, 0.15) is 32.1 Å². The Balaban J connectivity index is 1.80. The summed E-state index contributed by atoms with van der Waals surface area (Å²) in [5.41, 5.74) is 0. The summed E-state index contributed by atoms with van der Waals surface area (Å²) in [6.07, 6.45) is 4.79. The second-order valence-electron chi connectivity index (χ2n) is 5.50. The van der Waals surface area contributed by atoms with E-state index in [-0.39, 0.29) is 17.9 Å². The molecule has 1 saturated heterocycles. The molecule has 5 heteroatoms. The van der Waals surface area contributed by atoms with E-state index in [1.165, 1.54) is 12.8 Å². The highest BCUT2D eigenvalue weighted by molar-refractivity contribution is 5.83. The van der Waals surface area contributed by atoms with Gasteiger partial charge in [0.2, 0.25) is 11.8 Å². The molecule has 2 fully saturated rings. The van der Waals surface area contributed by atoms with E-state index in [0.717, 1.165) is 19.4 Å². The van der Waals surface area contributed by atoms with Crippen LogP contribution in [0.2, 0.25) is 0 Å². The molecule has 0 aromatic heterocycles. The lowest BCUT2D eigenvalue weighted by atomic mass is 10.0. The summed E-state index contributed by atoms with van der Waals surface area (Å²) >= 11 is 0. The third-order valence-corrected chi connectivity index (χ3v) is 3.64. The highest BCUT2D eigenvalue weighted by atomic mass is 16.2. The van der Waals surface area contributed by atoms with E-state index in [4.69, 9.17) is 0 Å². The molecule has 1 aliphatic heterocycles. The van der Waals surface area contributed by atoms with E-state index in [1.54, 1.807) is 19.0 Å². The lowest BCUT2D eigenvalue weighted by molar-refractivity contribution is -0.137. The van der Waals surface area contributed by atoms with Gasteiger partial charge in [0.05, 0.1) is 6.04 Å². The third kappa shape index (κ3) is 3.45. The van der Waals surface area contributed by atoms with Crippen LogP contribution in [0, 0.1) is 0 Å². The molecular weight excluding hydrogens is 230 g/mol. The quantitative estimate of drug-likeness (QED) is 0.762. The van der Waals surface area contributed by atoms with E-state index in [9.17, 15) is 9.59 Å². The highest BCUT2D eigenvalue weighted by Crippen LogP contribution is 2.22. The Bertz CT molecular complexity index is 326. The first-order chi connectivity index (χ1) is 8.58. The molecule has 18 heavy (non-hydrogen) atoms. The molecule has 102 valence electrons. The molecule has 0 spiro atoms. The minimum Gasteiger partial charge on any atom is -0.349 e. The fourth-order valence-electron chi connectivity index (χ4n) is 2.31. The van der Waals surface area contributed by atoms with Crippen LogP contribution in [0.4, 0.5) is 0 Å². The molecule has 0 aromatic rings. The molecule has 2 aliphatic rings. The van der Waals surface area contributed by atoms with Crippen LogP contribution in [0.5, 0.6) is 0 Å². The molecule has 1 saturated carbocycles. The second-order valence-corrected chi connectivity index (χ2v) is 5.50. The van der Waals surface area contributed by atoms with Gasteiger partial charge < -0.3 is 15.1 Å². The van der Waals surface area contributed by atoms with Crippen LogP contribution in [0.15, 0.2) is 0 Å². The number of amides is 2. The van der Waals surface area contributed by atoms with Gasteiger partial charge in [0.1, 0.15) is 0 Å². The number of hydrogen-bond acceptors (Lipinski definition) is 3. The summed E-state index contributed by atoms with van der Waals surface area (Å²) in [5.74, 6) is 0.264. The van der Waals surface area contributed by atoms with Gasteiger partial charge in [-0.05, 0) is 25.7 Å². The van der Waals surface area contributed by atoms with Crippen molar-refractivity contribution in [2.24, 2.45) is 0 Å². The van der Waals surface area contributed by atoms with E-state index >= 15 is 0 Å². The van der Waals surface area contributed by atoms with Crippen molar-refractivity contribution < 1.29 is 9.59 Å². The van der Waals surface area contributed by atoms with Gasteiger partial charge in [-0.25, -0.2) is 0 Å². The minimum absolute atomic E-state index is 0.0132. The summed E-state index contributed by atoms with van der Waals surface area (Å²) in [7, 11) is 3.50. The Kier molecular flexibility index (Phi) is 4.22. The lowest BCUT2D eigenvalue weighted by Gasteiger charge is -2.33. The second kappa shape index (κ2) is 5.69. The number of piperidine rings is 1. The molecule has 1 unspecified atom stereocenters. The first-order valence-corrected chi connectivity index (χ1v) is 6.83. The maximum absolute atomic E-state index is 12.2. The highest BCUT2D eigenvalue weighted by Gasteiger charge is 2.33. The number of hydrogen-bond donors (Lipinski definition) is 1. The zero-order chi connectivity index (χ0) is 13.1. The number of carbonyl (C=O) groups is 2. The zero-order valence-electron chi connectivity index (χ0n) is 11.3. The molecule has 0 radical (unpaired) electrons. The van der Waals surface area contributed by atoms with E-state index < -0.39 is 0 Å². The van der Waals surface area contributed by atoms with Crippen LogP contribution in [0.3, 0.4) is 0 Å². The smallest absolute Gasteiger partial charge is 0.239 e. The molecule has 1 atom stereocenters. The van der Waals surface area contributed by atoms with Gasteiger partial charge >= 0.3 is 0 Å². The summed E-state index contributed by atoms with van der Waals surface area (Å²) < 4.78 is 0. The number of nitrogens with zero attached hydrogens (tertiary/aromatic N) is 2. The molecule has 0 aromatic carbocycles. The molecule has 1 aliphatic carbocycles. The fourth-order valence-corrected chi connectivity index (χ4v) is 2.31. The van der Waals surface area contributed by atoms with Gasteiger partial charge in [-0.1, -0.05) is 0 Å². The lowest BCUT2D eigenvalue weighted by Crippen LogP contribution is -2.51. The van der Waals surface area contributed by atoms with E-state index in [0.29, 0.717) is 19.0 Å². The molecule has 2 rings (SSSR count). The van der Waals surface area contributed by atoms with Crippen molar-refractivity contribution in [1.29, 1.82) is 0 Å². The van der Waals surface area contributed by atoms with Crippen LogP contribution in [0.25, 0.3) is 0 Å². The van der Waals surface area contributed by atoms with Gasteiger partial charge in [-0.2, -0.15) is 0 Å². The van der Waals surface area contributed by atoms with Crippen LogP contribution in [-0.4, -0.2) is 60.9 Å². The summed E-state index contributed by atoms with van der Waals surface area (Å²) in [6, 6.07) is 0.544. The average Bonchev–Trinajstić information content (AvgIpc) is 3.13. The standard InChI is InChI=1S/C13H23N3O2/c1-15(2)12(17)7-9-16-8-3-4-11(13(16)18)14-10-5-6-10/h10-11,14H,3-9H2,1-2H3. The van der Waals surface area contributed by atoms with Crippen molar-refractivity contribution in [1.82, 2.24) is 15.1 Å². The monoisotopic (exact) mass is 253 g/mol. The Hall–Kier alpha value is -1.10. The van der Waals surface area contributed by atoms with Crippen molar-refractivity contribution in [3.05, 3.63) is 0 Å². The Morgan fingerprint density at radius 2 is 2.11 bits per heavy atom. The van der Waals surface area contributed by atoms with Gasteiger partial charge in [0, 0.05) is 39.6 Å². The Morgan fingerprint density at radius 1 is 1.39 bits per heavy atom. The summed E-state index contributed by atoms with van der Waals surface area (Å²) in [6.45, 7) is 1.35. The zero-order valence-corrected chi connectivity index (χ0v) is 11.3. The van der Waals surface area contributed by atoms with Gasteiger partial charge in [0.15, 0.2) is 0 Å². The average molecular weight is 253 g/mol. The summed E-state index contributed by atoms with van der Waals surface area (Å²) in [4.78, 5) is 27.2. The number of nitrogens with one attached hydrogen (secondary N) is 1. The van der Waals surface area contributed by atoms with E-state index in [1.807, 2.05) is 4.90 Å². The Labute approximate surface area is 108 Å². The Morgan fingerprint density at radius 3 is 2.72 bits per heavy atom. The minimum atomic E-state index is -0.0132. The van der Waals surface area contributed by atoms with Crippen molar-refractivity contribution in [2.45, 2.75) is 44.2 Å². The van der Waals surface area contributed by atoms with Crippen LogP contribution in [-0.2, 0) is 9.59 Å². The van der Waals surface area contributed by atoms with Crippen molar-refractivity contribution in [3.8, 4) is 0 Å². The van der Waals surface area contributed by atoms with Gasteiger partial charge in [0.25, 0.3) is 0 Å². The molecule has 0 bridgehead atoms. The maximum atomic E-state index is 12.2. The predicted molar refractivity (Wildman–Crippen MR) is 69.1 cm³/mol. The van der Waals surface area contributed by atoms with Crippen molar-refractivity contribution in [3.63, 3.8) is 0 Å². The van der Waals surface area contributed by atoms with E-state index in [2.05, 4.69) is 5.32 Å². The number of rotatable bonds is 5. The number of carbonyl (C=O) groups excluding carboxylic acids is 2. The maximum Gasteiger partial charge on any atom is 0.239 e. The normalized spacial score (nSPS) is 24.2. The van der Waals surface area contributed by atoms with Crippen LogP contribution >= 0.6 is 0 Å². The van der Waals surface area contributed by atoms with Crippen LogP contribution < -0.4 is 5.32 Å². The largest absolute Gasteiger partial charge is 0.349 e. The molecular formula is C13H23N3O2. The molecule has 2 amide bonds. The molecule has 5 nitrogen and oxygen atoms in total. The first kappa shape index (κ1) is 13.3. The fraction of sp³-hybridized carbons (Fsp3) is 0.846. The molecule has 1 heterocycles. The number of likely N-dealkylation sites (tertiary alicyclic amines) is 1. The SMILES string of the molecule is CN(C)C(=O)CCN1CCCC(NC2CC2)C1=O. The molecule has 1 N–H and O–H groups in total.